The first kappa shape index (κ1) is 24.4. The number of nitrogens with zero attached hydrogens (tertiary/aromatic N) is 6. The summed E-state index contributed by atoms with van der Waals surface area (Å²) in [6, 6.07) is 0. The molecular formula is C19H34IN7O. The van der Waals surface area contributed by atoms with Gasteiger partial charge in [0.25, 0.3) is 0 Å². The van der Waals surface area contributed by atoms with Crippen molar-refractivity contribution in [1.82, 2.24) is 30.1 Å². The summed E-state index contributed by atoms with van der Waals surface area (Å²) in [6.45, 7) is 12.7. The maximum Gasteiger partial charge on any atom is 0.228 e. The van der Waals surface area contributed by atoms with Crippen LogP contribution in [0.3, 0.4) is 0 Å². The Balaban J connectivity index is 0.00000392. The van der Waals surface area contributed by atoms with E-state index in [1.807, 2.05) is 18.8 Å². The van der Waals surface area contributed by atoms with Gasteiger partial charge < -0.3 is 14.7 Å². The van der Waals surface area contributed by atoms with Crippen LogP contribution in [0.1, 0.15) is 69.4 Å². The lowest BCUT2D eigenvalue weighted by atomic mass is 10.1. The normalized spacial score (nSPS) is 11.8. The molecule has 9 heteroatoms. The quantitative estimate of drug-likeness (QED) is 0.338. The summed E-state index contributed by atoms with van der Waals surface area (Å²) in [5.74, 6) is 2.90. The Morgan fingerprint density at radius 3 is 2.57 bits per heavy atom. The highest BCUT2D eigenvalue weighted by atomic mass is 127. The van der Waals surface area contributed by atoms with Crippen LogP contribution in [-0.2, 0) is 20.0 Å². The lowest BCUT2D eigenvalue weighted by Crippen LogP contribution is -2.38. The van der Waals surface area contributed by atoms with Crippen LogP contribution >= 0.6 is 24.0 Å². The lowest BCUT2D eigenvalue weighted by molar-refractivity contribution is 0.372. The number of aryl methyl sites for hydroxylation is 1. The molecule has 0 aliphatic carbocycles. The van der Waals surface area contributed by atoms with Crippen molar-refractivity contribution in [2.75, 3.05) is 20.1 Å². The van der Waals surface area contributed by atoms with Crippen LogP contribution in [0.5, 0.6) is 0 Å². The maximum atomic E-state index is 5.29. The first-order chi connectivity index (χ1) is 12.8. The van der Waals surface area contributed by atoms with Gasteiger partial charge in [-0.3, -0.25) is 9.67 Å². The van der Waals surface area contributed by atoms with E-state index in [-0.39, 0.29) is 29.9 Å². The summed E-state index contributed by atoms with van der Waals surface area (Å²) in [4.78, 5) is 11.2. The zero-order chi connectivity index (χ0) is 20.0. The summed E-state index contributed by atoms with van der Waals surface area (Å²) < 4.78 is 7.17. The van der Waals surface area contributed by atoms with E-state index in [1.165, 1.54) is 5.56 Å². The van der Waals surface area contributed by atoms with Crippen molar-refractivity contribution >= 4 is 29.9 Å². The van der Waals surface area contributed by atoms with E-state index < -0.39 is 0 Å². The molecule has 0 spiro atoms. The zero-order valence-corrected chi connectivity index (χ0v) is 20.4. The van der Waals surface area contributed by atoms with Gasteiger partial charge >= 0.3 is 0 Å². The van der Waals surface area contributed by atoms with Gasteiger partial charge in [-0.25, -0.2) is 0 Å². The van der Waals surface area contributed by atoms with E-state index in [0.29, 0.717) is 24.8 Å². The monoisotopic (exact) mass is 503 g/mol. The fourth-order valence-electron chi connectivity index (χ4n) is 2.82. The molecule has 158 valence electrons. The molecule has 28 heavy (non-hydrogen) atoms. The van der Waals surface area contributed by atoms with Gasteiger partial charge in [0.05, 0.1) is 12.2 Å². The highest BCUT2D eigenvalue weighted by molar-refractivity contribution is 14.0. The first-order valence-corrected chi connectivity index (χ1v) is 9.66. The Labute approximate surface area is 185 Å². The van der Waals surface area contributed by atoms with Gasteiger partial charge in [-0.15, -0.1) is 24.0 Å². The van der Waals surface area contributed by atoms with Crippen LogP contribution in [0.4, 0.5) is 0 Å². The predicted molar refractivity (Wildman–Crippen MR) is 122 cm³/mol. The SMILES string of the molecule is CCNC(=NCCc1nc(C(C)C)no1)N(C)Cc1cn(C)nc1C(C)C.I. The largest absolute Gasteiger partial charge is 0.357 e. The fourth-order valence-corrected chi connectivity index (χ4v) is 2.82. The van der Waals surface area contributed by atoms with Crippen LogP contribution in [0.25, 0.3) is 0 Å². The minimum Gasteiger partial charge on any atom is -0.357 e. The molecule has 2 heterocycles. The molecule has 0 amide bonds. The van der Waals surface area contributed by atoms with Crippen molar-refractivity contribution in [3.05, 3.63) is 29.2 Å². The molecule has 0 aliphatic heterocycles. The third kappa shape index (κ3) is 6.75. The number of rotatable bonds is 8. The smallest absolute Gasteiger partial charge is 0.228 e. The average Bonchev–Trinajstić information content (AvgIpc) is 3.21. The minimum atomic E-state index is 0. The summed E-state index contributed by atoms with van der Waals surface area (Å²) in [5, 5.41) is 11.9. The molecule has 2 aromatic rings. The van der Waals surface area contributed by atoms with Crippen molar-refractivity contribution in [1.29, 1.82) is 0 Å². The summed E-state index contributed by atoms with van der Waals surface area (Å²) >= 11 is 0. The van der Waals surface area contributed by atoms with E-state index in [4.69, 9.17) is 9.52 Å². The third-order valence-corrected chi connectivity index (χ3v) is 4.18. The summed E-state index contributed by atoms with van der Waals surface area (Å²) in [5.41, 5.74) is 2.35. The van der Waals surface area contributed by atoms with E-state index in [2.05, 4.69) is 66.3 Å². The highest BCUT2D eigenvalue weighted by Crippen LogP contribution is 2.18. The zero-order valence-electron chi connectivity index (χ0n) is 18.1. The molecule has 0 radical (unpaired) electrons. The standard InChI is InChI=1S/C19H33N7O.HI/c1-8-20-19(21-10-9-16-22-18(14(4)5)24-27-16)25(6)11-15-12-26(7)23-17(15)13(2)3;/h12-14H,8-11H2,1-7H3,(H,20,21);1H. The number of guanidine groups is 1. The second-order valence-electron chi connectivity index (χ2n) is 7.41. The Hall–Kier alpha value is -1.65. The van der Waals surface area contributed by atoms with Gasteiger partial charge in [0.2, 0.25) is 5.89 Å². The first-order valence-electron chi connectivity index (χ1n) is 9.66. The van der Waals surface area contributed by atoms with Crippen molar-refractivity contribution < 1.29 is 4.52 Å². The average molecular weight is 503 g/mol. The van der Waals surface area contributed by atoms with Gasteiger partial charge in [-0.05, 0) is 12.8 Å². The van der Waals surface area contributed by atoms with E-state index in [0.717, 1.165) is 30.6 Å². The van der Waals surface area contributed by atoms with E-state index >= 15 is 0 Å². The molecule has 0 atom stereocenters. The number of halogens is 1. The summed E-state index contributed by atoms with van der Waals surface area (Å²) in [6.07, 6.45) is 2.72. The number of hydrogen-bond donors (Lipinski definition) is 1. The molecule has 0 unspecified atom stereocenters. The van der Waals surface area contributed by atoms with Crippen molar-refractivity contribution in [3.63, 3.8) is 0 Å². The van der Waals surface area contributed by atoms with Crippen LogP contribution in [0.15, 0.2) is 15.7 Å². The Kier molecular flexibility index (Phi) is 9.91. The van der Waals surface area contributed by atoms with Crippen LogP contribution in [-0.4, -0.2) is 50.9 Å². The second kappa shape index (κ2) is 11.4. The lowest BCUT2D eigenvalue weighted by Gasteiger charge is -2.22. The molecule has 8 nitrogen and oxygen atoms in total. The van der Waals surface area contributed by atoms with Crippen LogP contribution in [0, 0.1) is 0 Å². The molecule has 0 aromatic carbocycles. The molecule has 2 rings (SSSR count). The molecule has 0 fully saturated rings. The molecule has 0 saturated carbocycles. The Morgan fingerprint density at radius 1 is 1.29 bits per heavy atom. The van der Waals surface area contributed by atoms with E-state index in [1.54, 1.807) is 0 Å². The van der Waals surface area contributed by atoms with Gasteiger partial charge in [-0.1, -0.05) is 32.9 Å². The molecular weight excluding hydrogens is 469 g/mol. The van der Waals surface area contributed by atoms with Crippen LogP contribution in [0.2, 0.25) is 0 Å². The van der Waals surface area contributed by atoms with Gasteiger partial charge in [0.15, 0.2) is 11.8 Å². The fraction of sp³-hybridized carbons (Fsp3) is 0.684. The van der Waals surface area contributed by atoms with Gasteiger partial charge in [-0.2, -0.15) is 10.1 Å². The molecule has 1 N–H and O–H groups in total. The topological polar surface area (TPSA) is 84.4 Å². The molecule has 0 saturated heterocycles. The second-order valence-corrected chi connectivity index (χ2v) is 7.41. The third-order valence-electron chi connectivity index (χ3n) is 4.18. The molecule has 0 aliphatic rings. The van der Waals surface area contributed by atoms with Crippen LogP contribution < -0.4 is 5.32 Å². The number of aromatic nitrogens is 4. The van der Waals surface area contributed by atoms with Crippen molar-refractivity contribution in [2.24, 2.45) is 12.0 Å². The molecule has 2 aromatic heterocycles. The van der Waals surface area contributed by atoms with Gasteiger partial charge in [0.1, 0.15) is 0 Å². The van der Waals surface area contributed by atoms with Crippen molar-refractivity contribution in [2.45, 2.75) is 59.4 Å². The minimum absolute atomic E-state index is 0. The Bertz CT molecular complexity index is 751. The Morgan fingerprint density at radius 2 is 2.00 bits per heavy atom. The summed E-state index contributed by atoms with van der Waals surface area (Å²) in [7, 11) is 4.01. The highest BCUT2D eigenvalue weighted by Gasteiger charge is 2.15. The number of aliphatic imine (C=N–C) groups is 1. The van der Waals surface area contributed by atoms with E-state index in [9.17, 15) is 0 Å². The van der Waals surface area contributed by atoms with Gasteiger partial charge in [0, 0.05) is 51.3 Å². The predicted octanol–water partition coefficient (Wildman–Crippen LogP) is 3.31. The maximum absolute atomic E-state index is 5.29. The van der Waals surface area contributed by atoms with Crippen molar-refractivity contribution in [3.8, 4) is 0 Å². The number of hydrogen-bond acceptors (Lipinski definition) is 5. The molecule has 0 bridgehead atoms. The number of nitrogens with one attached hydrogen (secondary N) is 1.